The first-order valence-corrected chi connectivity index (χ1v) is 6.68. The average Bonchev–Trinajstić information content (AvgIpc) is 2.56. The molecule has 2 aliphatic rings. The maximum atomic E-state index is 12.2. The maximum Gasteiger partial charge on any atom is 0.151 e. The van der Waals surface area contributed by atoms with Gasteiger partial charge >= 0.3 is 0 Å². The number of Topliss-reactive ketones (excluding diaryl/α,β-unsaturated/α-hetero) is 1. The van der Waals surface area contributed by atoms with Gasteiger partial charge in [-0.05, 0) is 29.9 Å². The number of hydrogen-bond acceptors (Lipinski definition) is 2. The second-order valence-corrected chi connectivity index (χ2v) is 7.04. The molecule has 3 unspecified atom stereocenters. The smallest absolute Gasteiger partial charge is 0.151 e. The summed E-state index contributed by atoms with van der Waals surface area (Å²) in [5.41, 5.74) is 0.333. The summed E-state index contributed by atoms with van der Waals surface area (Å²) in [4.78, 5) is 12.2. The lowest BCUT2D eigenvalue weighted by Crippen LogP contribution is -2.38. The van der Waals surface area contributed by atoms with Crippen LogP contribution in [0.5, 0.6) is 0 Å². The molecule has 0 heterocycles. The Balaban J connectivity index is 2.29. The summed E-state index contributed by atoms with van der Waals surface area (Å²) in [6.45, 7) is 8.87. The van der Waals surface area contributed by atoms with Crippen LogP contribution < -0.4 is 0 Å². The molecule has 2 heteroatoms. The molecule has 0 aromatic heterocycles. The zero-order valence-electron chi connectivity index (χ0n) is 9.76. The molecule has 1 nitrogen and oxygen atoms in total. The Morgan fingerprint density at radius 2 is 1.86 bits per heavy atom. The van der Waals surface area contributed by atoms with Crippen LogP contribution >= 0.6 is 11.8 Å². The third-order valence-electron chi connectivity index (χ3n) is 4.37. The molecular weight excluding hydrogens is 192 g/mol. The fourth-order valence-electron chi connectivity index (χ4n) is 3.23. The molecule has 80 valence electrons. The van der Waals surface area contributed by atoms with Crippen molar-refractivity contribution in [3.05, 3.63) is 0 Å². The molecule has 3 atom stereocenters. The van der Waals surface area contributed by atoms with Crippen molar-refractivity contribution >= 4 is 17.5 Å². The van der Waals surface area contributed by atoms with E-state index in [4.69, 9.17) is 0 Å². The number of thioether (sulfide) groups is 1. The lowest BCUT2D eigenvalue weighted by atomic mass is 9.76. The largest absolute Gasteiger partial charge is 0.298 e. The fraction of sp³-hybridized carbons (Fsp3) is 0.917. The molecule has 0 N–H and O–H groups in total. The van der Waals surface area contributed by atoms with E-state index < -0.39 is 0 Å². The van der Waals surface area contributed by atoms with E-state index in [2.05, 4.69) is 34.0 Å². The van der Waals surface area contributed by atoms with E-state index in [-0.39, 0.29) is 10.7 Å². The van der Waals surface area contributed by atoms with Crippen LogP contribution in [0.25, 0.3) is 0 Å². The Morgan fingerprint density at radius 1 is 1.29 bits per heavy atom. The van der Waals surface area contributed by atoms with Gasteiger partial charge in [0, 0.05) is 5.41 Å². The predicted octanol–water partition coefficient (Wildman–Crippen LogP) is 2.99. The van der Waals surface area contributed by atoms with Crippen LogP contribution in [-0.4, -0.2) is 17.3 Å². The second-order valence-electron chi connectivity index (χ2n) is 6.06. The monoisotopic (exact) mass is 212 g/mol. The van der Waals surface area contributed by atoms with Gasteiger partial charge in [-0.15, -0.1) is 0 Å². The van der Waals surface area contributed by atoms with E-state index in [1.54, 1.807) is 11.8 Å². The van der Waals surface area contributed by atoms with E-state index >= 15 is 0 Å². The quantitative estimate of drug-likeness (QED) is 0.664. The number of rotatable bonds is 1. The zero-order valence-corrected chi connectivity index (χ0v) is 10.6. The molecule has 2 rings (SSSR count). The molecule has 2 fully saturated rings. The van der Waals surface area contributed by atoms with Crippen molar-refractivity contribution in [1.82, 2.24) is 0 Å². The summed E-state index contributed by atoms with van der Waals surface area (Å²) < 4.78 is 0. The molecule has 2 saturated carbocycles. The van der Waals surface area contributed by atoms with Crippen molar-refractivity contribution in [2.75, 3.05) is 6.26 Å². The minimum Gasteiger partial charge on any atom is -0.298 e. The highest BCUT2D eigenvalue weighted by atomic mass is 32.2. The van der Waals surface area contributed by atoms with Crippen molar-refractivity contribution in [3.63, 3.8) is 0 Å². The Morgan fingerprint density at radius 3 is 2.36 bits per heavy atom. The lowest BCUT2D eigenvalue weighted by molar-refractivity contribution is -0.128. The van der Waals surface area contributed by atoms with E-state index in [1.807, 2.05) is 0 Å². The van der Waals surface area contributed by atoms with Gasteiger partial charge in [-0.2, -0.15) is 11.8 Å². The minimum atomic E-state index is -0.0807. The Bertz CT molecular complexity index is 280. The summed E-state index contributed by atoms with van der Waals surface area (Å²) in [7, 11) is 0. The topological polar surface area (TPSA) is 17.1 Å². The molecular formula is C12H20OS. The Kier molecular flexibility index (Phi) is 2.09. The SMILES string of the molecule is CSC1C(=O)C(C)(C)CC2C1C2(C)C. The number of fused-ring (bicyclic) bond motifs is 1. The summed E-state index contributed by atoms with van der Waals surface area (Å²) >= 11 is 1.76. The molecule has 0 spiro atoms. The van der Waals surface area contributed by atoms with E-state index in [0.717, 1.165) is 12.3 Å². The van der Waals surface area contributed by atoms with Crippen LogP contribution in [0, 0.1) is 22.7 Å². The van der Waals surface area contributed by atoms with E-state index in [0.29, 0.717) is 17.1 Å². The fourth-order valence-corrected chi connectivity index (χ4v) is 4.60. The molecule has 14 heavy (non-hydrogen) atoms. The molecule has 2 aliphatic carbocycles. The first-order valence-electron chi connectivity index (χ1n) is 5.39. The highest BCUT2D eigenvalue weighted by Gasteiger charge is 2.67. The summed E-state index contributed by atoms with van der Waals surface area (Å²) in [5, 5.41) is 0.263. The van der Waals surface area contributed by atoms with Crippen LogP contribution in [0.2, 0.25) is 0 Å². The maximum absolute atomic E-state index is 12.2. The predicted molar refractivity (Wildman–Crippen MR) is 61.5 cm³/mol. The van der Waals surface area contributed by atoms with Gasteiger partial charge in [0.2, 0.25) is 0 Å². The van der Waals surface area contributed by atoms with E-state index in [9.17, 15) is 4.79 Å². The summed E-state index contributed by atoms with van der Waals surface area (Å²) in [5.74, 6) is 1.92. The van der Waals surface area contributed by atoms with Gasteiger partial charge in [0.1, 0.15) is 0 Å². The normalized spacial score (nSPS) is 43.2. The van der Waals surface area contributed by atoms with Crippen molar-refractivity contribution in [2.45, 2.75) is 39.4 Å². The molecule has 0 aromatic carbocycles. The van der Waals surface area contributed by atoms with Gasteiger partial charge in [0.15, 0.2) is 5.78 Å². The standard InChI is InChI=1S/C12H20OS/c1-11(2)6-7-8(12(7,3)4)9(14-5)10(11)13/h7-9H,6H2,1-5H3. The van der Waals surface area contributed by atoms with Gasteiger partial charge in [-0.25, -0.2) is 0 Å². The highest BCUT2D eigenvalue weighted by molar-refractivity contribution is 8.00. The van der Waals surface area contributed by atoms with Crippen LogP contribution in [-0.2, 0) is 4.79 Å². The third kappa shape index (κ3) is 1.19. The van der Waals surface area contributed by atoms with Gasteiger partial charge in [-0.1, -0.05) is 27.7 Å². The molecule has 0 saturated heterocycles. The van der Waals surface area contributed by atoms with Gasteiger partial charge in [-0.3, -0.25) is 4.79 Å². The molecule has 0 aliphatic heterocycles. The van der Waals surface area contributed by atoms with Crippen LogP contribution in [0.1, 0.15) is 34.1 Å². The second kappa shape index (κ2) is 2.78. The van der Waals surface area contributed by atoms with Crippen molar-refractivity contribution < 1.29 is 4.79 Å². The number of carbonyl (C=O) groups excluding carboxylic acids is 1. The van der Waals surface area contributed by atoms with Gasteiger partial charge < -0.3 is 0 Å². The zero-order chi connectivity index (χ0) is 10.7. The van der Waals surface area contributed by atoms with Crippen molar-refractivity contribution in [2.24, 2.45) is 22.7 Å². The summed E-state index contributed by atoms with van der Waals surface area (Å²) in [6, 6.07) is 0. The van der Waals surface area contributed by atoms with E-state index in [1.165, 1.54) is 0 Å². The highest BCUT2D eigenvalue weighted by Crippen LogP contribution is 2.68. The molecule has 0 amide bonds. The molecule has 0 radical (unpaired) electrons. The lowest BCUT2D eigenvalue weighted by Gasteiger charge is -2.32. The van der Waals surface area contributed by atoms with Crippen LogP contribution in [0.15, 0.2) is 0 Å². The first kappa shape index (κ1) is 10.5. The van der Waals surface area contributed by atoms with Gasteiger partial charge in [0.25, 0.3) is 0 Å². The first-order chi connectivity index (χ1) is 6.32. The van der Waals surface area contributed by atoms with Crippen LogP contribution in [0.3, 0.4) is 0 Å². The van der Waals surface area contributed by atoms with Crippen molar-refractivity contribution in [3.8, 4) is 0 Å². The third-order valence-corrected chi connectivity index (χ3v) is 5.39. The number of carbonyl (C=O) groups is 1. The molecule has 0 aromatic rings. The molecule has 0 bridgehead atoms. The minimum absolute atomic E-state index is 0.0807. The average molecular weight is 212 g/mol. The number of hydrogen-bond donors (Lipinski definition) is 0. The Hall–Kier alpha value is 0.0200. The number of ketones is 1. The van der Waals surface area contributed by atoms with Crippen molar-refractivity contribution in [1.29, 1.82) is 0 Å². The van der Waals surface area contributed by atoms with Crippen LogP contribution in [0.4, 0.5) is 0 Å². The Labute approximate surface area is 91.0 Å². The summed E-state index contributed by atoms with van der Waals surface area (Å²) in [6.07, 6.45) is 3.18. The van der Waals surface area contributed by atoms with Gasteiger partial charge in [0.05, 0.1) is 5.25 Å².